The zero-order valence-electron chi connectivity index (χ0n) is 16.2. The molecule has 9 nitrogen and oxygen atoms in total. The molecule has 0 bridgehead atoms. The third kappa shape index (κ3) is 4.34. The summed E-state index contributed by atoms with van der Waals surface area (Å²) in [6.45, 7) is -0.211. The molecule has 3 aromatic rings. The third-order valence-electron chi connectivity index (χ3n) is 4.19. The highest BCUT2D eigenvalue weighted by molar-refractivity contribution is 6.01. The lowest BCUT2D eigenvalue weighted by molar-refractivity contribution is 0.0902. The summed E-state index contributed by atoms with van der Waals surface area (Å²) in [4.78, 5) is 29.3. The molecule has 0 saturated heterocycles. The van der Waals surface area contributed by atoms with E-state index in [9.17, 15) is 9.59 Å². The minimum atomic E-state index is -0.414. The molecule has 29 heavy (non-hydrogen) atoms. The van der Waals surface area contributed by atoms with Crippen LogP contribution in [0.4, 0.5) is 0 Å². The molecule has 1 amide bonds. The van der Waals surface area contributed by atoms with E-state index in [0.717, 1.165) is 0 Å². The van der Waals surface area contributed by atoms with E-state index in [1.54, 1.807) is 42.7 Å². The van der Waals surface area contributed by atoms with Gasteiger partial charge in [-0.25, -0.2) is 4.98 Å². The SMILES string of the molecule is COc1ccc(C(=O)NCC(=O)c2ccc(OC)c(-c3cn[nH]c3)n2)cc1OC. The lowest BCUT2D eigenvalue weighted by Gasteiger charge is -2.10. The van der Waals surface area contributed by atoms with Gasteiger partial charge < -0.3 is 19.5 Å². The van der Waals surface area contributed by atoms with Crippen LogP contribution in [0.2, 0.25) is 0 Å². The third-order valence-corrected chi connectivity index (χ3v) is 4.19. The second-order valence-electron chi connectivity index (χ2n) is 5.91. The van der Waals surface area contributed by atoms with Crippen molar-refractivity contribution in [3.05, 3.63) is 54.0 Å². The first-order chi connectivity index (χ1) is 14.1. The molecule has 150 valence electrons. The molecule has 0 radical (unpaired) electrons. The van der Waals surface area contributed by atoms with Gasteiger partial charge in [0.15, 0.2) is 17.3 Å². The van der Waals surface area contributed by atoms with Gasteiger partial charge in [-0.1, -0.05) is 0 Å². The largest absolute Gasteiger partial charge is 0.494 e. The molecule has 0 aliphatic heterocycles. The molecule has 0 unspecified atom stereocenters. The van der Waals surface area contributed by atoms with Crippen LogP contribution in [0.3, 0.4) is 0 Å². The van der Waals surface area contributed by atoms with Crippen molar-refractivity contribution < 1.29 is 23.8 Å². The highest BCUT2D eigenvalue weighted by atomic mass is 16.5. The summed E-state index contributed by atoms with van der Waals surface area (Å²) < 4.78 is 15.6. The molecular weight excluding hydrogens is 376 g/mol. The molecule has 0 saturated carbocycles. The van der Waals surface area contributed by atoms with Crippen molar-refractivity contribution in [3.63, 3.8) is 0 Å². The number of amides is 1. The highest BCUT2D eigenvalue weighted by Crippen LogP contribution is 2.28. The minimum Gasteiger partial charge on any atom is -0.494 e. The van der Waals surface area contributed by atoms with Crippen molar-refractivity contribution in [1.82, 2.24) is 20.5 Å². The number of aromatic amines is 1. The molecular formula is C20H20N4O5. The van der Waals surface area contributed by atoms with Crippen LogP contribution < -0.4 is 19.5 Å². The number of hydrogen-bond acceptors (Lipinski definition) is 7. The molecule has 0 aliphatic rings. The maximum Gasteiger partial charge on any atom is 0.251 e. The number of carbonyl (C=O) groups excluding carboxylic acids is 2. The number of nitrogens with zero attached hydrogens (tertiary/aromatic N) is 2. The lowest BCUT2D eigenvalue weighted by atomic mass is 10.1. The zero-order valence-corrected chi connectivity index (χ0v) is 16.2. The number of rotatable bonds is 8. The van der Waals surface area contributed by atoms with Gasteiger partial charge in [-0.05, 0) is 30.3 Å². The van der Waals surface area contributed by atoms with Gasteiger partial charge in [-0.3, -0.25) is 14.7 Å². The Bertz CT molecular complexity index is 1020. The second kappa shape index (κ2) is 8.87. The molecule has 2 N–H and O–H groups in total. The van der Waals surface area contributed by atoms with E-state index in [2.05, 4.69) is 20.5 Å². The lowest BCUT2D eigenvalue weighted by Crippen LogP contribution is -2.30. The maximum atomic E-state index is 12.5. The Morgan fingerprint density at radius 2 is 1.72 bits per heavy atom. The summed E-state index contributed by atoms with van der Waals surface area (Å²) >= 11 is 0. The molecule has 2 heterocycles. The molecule has 2 aromatic heterocycles. The van der Waals surface area contributed by atoms with E-state index in [1.165, 1.54) is 21.3 Å². The molecule has 9 heteroatoms. The van der Waals surface area contributed by atoms with Gasteiger partial charge in [-0.2, -0.15) is 5.10 Å². The summed E-state index contributed by atoms with van der Waals surface area (Å²) in [5, 5.41) is 9.18. The standard InChI is InChI=1S/C20H20N4O5/c1-27-16-6-4-12(8-18(16)29-3)20(26)21-11-15(25)14-5-7-17(28-2)19(24-14)13-9-22-23-10-13/h4-10H,11H2,1-3H3,(H,21,26)(H,22,23). The van der Waals surface area contributed by atoms with E-state index in [1.807, 2.05) is 0 Å². The monoisotopic (exact) mass is 396 g/mol. The average Bonchev–Trinajstić information content (AvgIpc) is 3.31. The summed E-state index contributed by atoms with van der Waals surface area (Å²) in [7, 11) is 4.51. The fraction of sp³-hybridized carbons (Fsp3) is 0.200. The number of H-pyrrole nitrogens is 1. The van der Waals surface area contributed by atoms with Gasteiger partial charge in [0.1, 0.15) is 17.1 Å². The number of pyridine rings is 1. The van der Waals surface area contributed by atoms with Crippen molar-refractivity contribution >= 4 is 11.7 Å². The quantitative estimate of drug-likeness (QED) is 0.560. The second-order valence-corrected chi connectivity index (χ2v) is 5.91. The van der Waals surface area contributed by atoms with Gasteiger partial charge in [-0.15, -0.1) is 0 Å². The molecule has 1 aromatic carbocycles. The van der Waals surface area contributed by atoms with Crippen LogP contribution in [0.1, 0.15) is 20.8 Å². The number of Topliss-reactive ketones (excluding diaryl/α,β-unsaturated/α-hetero) is 1. The van der Waals surface area contributed by atoms with Crippen LogP contribution in [0.15, 0.2) is 42.7 Å². The average molecular weight is 396 g/mol. The smallest absolute Gasteiger partial charge is 0.251 e. The van der Waals surface area contributed by atoms with Crippen LogP contribution in [-0.4, -0.2) is 54.7 Å². The Labute approximate surface area is 167 Å². The van der Waals surface area contributed by atoms with E-state index in [-0.39, 0.29) is 18.0 Å². The summed E-state index contributed by atoms with van der Waals surface area (Å²) in [5.74, 6) is 0.689. The molecule has 0 fully saturated rings. The fourth-order valence-electron chi connectivity index (χ4n) is 2.68. The number of benzene rings is 1. The topological polar surface area (TPSA) is 115 Å². The van der Waals surface area contributed by atoms with Crippen LogP contribution in [-0.2, 0) is 0 Å². The van der Waals surface area contributed by atoms with Gasteiger partial charge in [0.2, 0.25) is 0 Å². The fourth-order valence-corrected chi connectivity index (χ4v) is 2.68. The first kappa shape index (κ1) is 19.9. The number of ketones is 1. The predicted molar refractivity (Wildman–Crippen MR) is 105 cm³/mol. The number of methoxy groups -OCH3 is 3. The minimum absolute atomic E-state index is 0.203. The van der Waals surface area contributed by atoms with E-state index in [0.29, 0.717) is 34.1 Å². The number of ether oxygens (including phenoxy) is 3. The Balaban J connectivity index is 1.72. The van der Waals surface area contributed by atoms with Crippen molar-refractivity contribution in [1.29, 1.82) is 0 Å². The van der Waals surface area contributed by atoms with Crippen LogP contribution in [0.5, 0.6) is 17.2 Å². The normalized spacial score (nSPS) is 10.3. The van der Waals surface area contributed by atoms with Gasteiger partial charge in [0.25, 0.3) is 5.91 Å². The first-order valence-corrected chi connectivity index (χ1v) is 8.65. The Morgan fingerprint density at radius 1 is 1.00 bits per heavy atom. The molecule has 0 atom stereocenters. The van der Waals surface area contributed by atoms with Crippen molar-refractivity contribution in [2.75, 3.05) is 27.9 Å². The number of hydrogen-bond donors (Lipinski definition) is 2. The first-order valence-electron chi connectivity index (χ1n) is 8.65. The van der Waals surface area contributed by atoms with E-state index >= 15 is 0 Å². The Morgan fingerprint density at radius 3 is 2.38 bits per heavy atom. The molecule has 0 spiro atoms. The van der Waals surface area contributed by atoms with E-state index in [4.69, 9.17) is 14.2 Å². The van der Waals surface area contributed by atoms with Crippen molar-refractivity contribution in [2.24, 2.45) is 0 Å². The zero-order chi connectivity index (χ0) is 20.8. The predicted octanol–water partition coefficient (Wildman–Crippen LogP) is 2.11. The van der Waals surface area contributed by atoms with Crippen molar-refractivity contribution in [3.8, 4) is 28.5 Å². The van der Waals surface area contributed by atoms with E-state index < -0.39 is 5.91 Å². The summed E-state index contributed by atoms with van der Waals surface area (Å²) in [6, 6.07) is 7.95. The number of aromatic nitrogens is 3. The van der Waals surface area contributed by atoms with Gasteiger partial charge in [0.05, 0.1) is 34.1 Å². The van der Waals surface area contributed by atoms with Crippen LogP contribution >= 0.6 is 0 Å². The van der Waals surface area contributed by atoms with Crippen LogP contribution in [0.25, 0.3) is 11.3 Å². The molecule has 3 rings (SSSR count). The number of carbonyl (C=O) groups is 2. The summed E-state index contributed by atoms with van der Waals surface area (Å²) in [5.41, 5.74) is 1.72. The number of nitrogens with one attached hydrogen (secondary N) is 2. The maximum absolute atomic E-state index is 12.5. The van der Waals surface area contributed by atoms with Crippen molar-refractivity contribution in [2.45, 2.75) is 0 Å². The van der Waals surface area contributed by atoms with Gasteiger partial charge in [0, 0.05) is 17.3 Å². The summed E-state index contributed by atoms with van der Waals surface area (Å²) in [6.07, 6.45) is 3.23. The Hall–Kier alpha value is -3.88. The van der Waals surface area contributed by atoms with Gasteiger partial charge >= 0.3 is 0 Å². The van der Waals surface area contributed by atoms with Crippen LogP contribution in [0, 0.1) is 0 Å². The molecule has 0 aliphatic carbocycles. The highest BCUT2D eigenvalue weighted by Gasteiger charge is 2.16. The Kier molecular flexibility index (Phi) is 6.08.